The van der Waals surface area contributed by atoms with Gasteiger partial charge in [0.05, 0.1) is 12.4 Å². The summed E-state index contributed by atoms with van der Waals surface area (Å²) in [6, 6.07) is 0.555. The van der Waals surface area contributed by atoms with E-state index in [2.05, 4.69) is 10.2 Å². The number of hydrogen-bond donors (Lipinski definition) is 1. The molecule has 5 nitrogen and oxygen atoms in total. The molecule has 1 rings (SSSR count). The van der Waals surface area contributed by atoms with Crippen LogP contribution < -0.4 is 5.32 Å². The first-order valence-corrected chi connectivity index (χ1v) is 9.04. The fourth-order valence-electron chi connectivity index (χ4n) is 2.39. The second kappa shape index (κ2) is 8.89. The number of rotatable bonds is 10. The molecule has 0 spiro atoms. The van der Waals surface area contributed by atoms with Crippen LogP contribution in [0.4, 0.5) is 0 Å². The van der Waals surface area contributed by atoms with Crippen LogP contribution in [0.15, 0.2) is 0 Å². The van der Waals surface area contributed by atoms with Crippen molar-refractivity contribution in [1.82, 2.24) is 10.2 Å². The predicted octanol–water partition coefficient (Wildman–Crippen LogP) is 0.512. The molecule has 0 aromatic heterocycles. The molecule has 1 unspecified atom stereocenters. The molecule has 1 aliphatic rings. The van der Waals surface area contributed by atoms with Crippen LogP contribution in [0.3, 0.4) is 0 Å². The van der Waals surface area contributed by atoms with Gasteiger partial charge in [0.2, 0.25) is 0 Å². The maximum Gasteiger partial charge on any atom is 0.150 e. The molecular weight excluding hydrogens is 264 g/mol. The second-order valence-electron chi connectivity index (χ2n) is 5.18. The maximum atomic E-state index is 11.5. The van der Waals surface area contributed by atoms with Gasteiger partial charge in [-0.05, 0) is 32.4 Å². The second-order valence-corrected chi connectivity index (χ2v) is 7.65. The van der Waals surface area contributed by atoms with Crippen molar-refractivity contribution in [3.63, 3.8) is 0 Å². The van der Waals surface area contributed by atoms with Gasteiger partial charge < -0.3 is 10.1 Å². The summed E-state index contributed by atoms with van der Waals surface area (Å²) in [5.41, 5.74) is 0. The van der Waals surface area contributed by atoms with Crippen LogP contribution in [0, 0.1) is 0 Å². The third kappa shape index (κ3) is 7.25. The molecule has 0 aromatic rings. The quantitative estimate of drug-likeness (QED) is 0.636. The lowest BCUT2D eigenvalue weighted by Crippen LogP contribution is -2.40. The van der Waals surface area contributed by atoms with Gasteiger partial charge in [-0.1, -0.05) is 6.92 Å². The van der Waals surface area contributed by atoms with Gasteiger partial charge >= 0.3 is 0 Å². The summed E-state index contributed by atoms with van der Waals surface area (Å²) >= 11 is 0. The van der Waals surface area contributed by atoms with Gasteiger partial charge in [-0.15, -0.1) is 0 Å². The smallest absolute Gasteiger partial charge is 0.150 e. The summed E-state index contributed by atoms with van der Waals surface area (Å²) in [7, 11) is -1.13. The zero-order valence-electron chi connectivity index (χ0n) is 12.2. The Labute approximate surface area is 117 Å². The monoisotopic (exact) mass is 292 g/mol. The van der Waals surface area contributed by atoms with Crippen LogP contribution >= 0.6 is 0 Å². The number of sulfone groups is 1. The molecular formula is C13H28N2O3S. The molecule has 0 bridgehead atoms. The summed E-state index contributed by atoms with van der Waals surface area (Å²) < 4.78 is 28.1. The minimum Gasteiger partial charge on any atom is -0.383 e. The molecule has 1 N–H and O–H groups in total. The fourth-order valence-corrected chi connectivity index (χ4v) is 3.25. The van der Waals surface area contributed by atoms with Crippen molar-refractivity contribution in [3.05, 3.63) is 0 Å². The summed E-state index contributed by atoms with van der Waals surface area (Å²) in [4.78, 5) is 2.32. The van der Waals surface area contributed by atoms with Crippen molar-refractivity contribution < 1.29 is 13.2 Å². The Morgan fingerprint density at radius 1 is 1.37 bits per heavy atom. The van der Waals surface area contributed by atoms with Crippen molar-refractivity contribution in [1.29, 1.82) is 0 Å². The number of methoxy groups -OCH3 is 1. The van der Waals surface area contributed by atoms with Gasteiger partial charge in [0.15, 0.2) is 0 Å². The van der Waals surface area contributed by atoms with Crippen molar-refractivity contribution >= 4 is 9.84 Å². The van der Waals surface area contributed by atoms with E-state index in [1.54, 1.807) is 14.0 Å². The lowest BCUT2D eigenvalue weighted by Gasteiger charge is -2.25. The van der Waals surface area contributed by atoms with Gasteiger partial charge in [-0.2, -0.15) is 0 Å². The molecule has 1 aliphatic heterocycles. The molecule has 1 fully saturated rings. The number of nitrogens with zero attached hydrogens (tertiary/aromatic N) is 1. The highest BCUT2D eigenvalue weighted by Gasteiger charge is 2.18. The molecule has 6 heteroatoms. The van der Waals surface area contributed by atoms with Crippen molar-refractivity contribution in [2.75, 3.05) is 51.4 Å². The van der Waals surface area contributed by atoms with Crippen LogP contribution in [0.5, 0.6) is 0 Å². The molecule has 0 amide bonds. The maximum absolute atomic E-state index is 11.5. The van der Waals surface area contributed by atoms with Crippen LogP contribution in [0.2, 0.25) is 0 Å². The normalized spacial score (nSPS) is 20.3. The average molecular weight is 292 g/mol. The molecule has 0 aromatic carbocycles. The molecule has 114 valence electrons. The zero-order valence-corrected chi connectivity index (χ0v) is 13.0. The lowest BCUT2D eigenvalue weighted by molar-refractivity contribution is 0.142. The van der Waals surface area contributed by atoms with E-state index in [0.717, 1.165) is 26.2 Å². The minimum absolute atomic E-state index is 0.245. The minimum atomic E-state index is -2.84. The van der Waals surface area contributed by atoms with E-state index in [0.29, 0.717) is 24.8 Å². The summed E-state index contributed by atoms with van der Waals surface area (Å²) in [6.07, 6.45) is 3.18. The Bertz CT molecular complexity index is 327. The van der Waals surface area contributed by atoms with E-state index in [1.807, 2.05) is 0 Å². The highest BCUT2D eigenvalue weighted by molar-refractivity contribution is 7.91. The van der Waals surface area contributed by atoms with Crippen LogP contribution in [-0.2, 0) is 14.6 Å². The fraction of sp³-hybridized carbons (Fsp3) is 1.00. The Morgan fingerprint density at radius 3 is 2.74 bits per heavy atom. The zero-order chi connectivity index (χ0) is 14.1. The molecule has 19 heavy (non-hydrogen) atoms. The van der Waals surface area contributed by atoms with Crippen molar-refractivity contribution in [2.24, 2.45) is 0 Å². The standard InChI is InChI=1S/C13H28N2O3S/c1-3-19(16,17)11-5-8-15(9-10-18-2)12-13-6-4-7-14-13/h13-14H,3-12H2,1-2H3. The number of hydrogen-bond acceptors (Lipinski definition) is 5. The molecule has 0 radical (unpaired) electrons. The third-order valence-electron chi connectivity index (χ3n) is 3.62. The van der Waals surface area contributed by atoms with Crippen LogP contribution in [-0.4, -0.2) is 70.8 Å². The Balaban J connectivity index is 2.31. The first-order chi connectivity index (χ1) is 9.07. The molecule has 0 aliphatic carbocycles. The molecule has 0 saturated carbocycles. The Kier molecular flexibility index (Phi) is 7.90. The highest BCUT2D eigenvalue weighted by Crippen LogP contribution is 2.07. The van der Waals surface area contributed by atoms with Crippen LogP contribution in [0.25, 0.3) is 0 Å². The highest BCUT2D eigenvalue weighted by atomic mass is 32.2. The number of nitrogens with one attached hydrogen (secondary N) is 1. The van der Waals surface area contributed by atoms with Gasteiger partial charge in [-0.3, -0.25) is 4.90 Å². The van der Waals surface area contributed by atoms with Crippen LogP contribution in [0.1, 0.15) is 26.2 Å². The molecule has 1 atom stereocenters. The first kappa shape index (κ1) is 16.9. The lowest BCUT2D eigenvalue weighted by atomic mass is 10.2. The Hall–Kier alpha value is -0.170. The van der Waals surface area contributed by atoms with Crippen molar-refractivity contribution in [2.45, 2.75) is 32.2 Å². The predicted molar refractivity (Wildman–Crippen MR) is 78.3 cm³/mol. The first-order valence-electron chi connectivity index (χ1n) is 7.22. The van der Waals surface area contributed by atoms with Gasteiger partial charge in [0, 0.05) is 32.0 Å². The molecule has 1 heterocycles. The van der Waals surface area contributed by atoms with E-state index in [-0.39, 0.29) is 5.75 Å². The topological polar surface area (TPSA) is 58.6 Å². The van der Waals surface area contributed by atoms with Gasteiger partial charge in [0.25, 0.3) is 0 Å². The largest absolute Gasteiger partial charge is 0.383 e. The van der Waals surface area contributed by atoms with E-state index < -0.39 is 9.84 Å². The summed E-state index contributed by atoms with van der Waals surface area (Å²) in [5, 5.41) is 3.48. The third-order valence-corrected chi connectivity index (χ3v) is 5.41. The average Bonchev–Trinajstić information content (AvgIpc) is 2.88. The summed E-state index contributed by atoms with van der Waals surface area (Å²) in [5.74, 6) is 0.542. The van der Waals surface area contributed by atoms with E-state index >= 15 is 0 Å². The summed E-state index contributed by atoms with van der Waals surface area (Å²) in [6.45, 7) is 6.22. The van der Waals surface area contributed by atoms with E-state index in [1.165, 1.54) is 12.8 Å². The van der Waals surface area contributed by atoms with Crippen molar-refractivity contribution in [3.8, 4) is 0 Å². The van der Waals surface area contributed by atoms with E-state index in [9.17, 15) is 8.42 Å². The van der Waals surface area contributed by atoms with Gasteiger partial charge in [0.1, 0.15) is 9.84 Å². The molecule has 1 saturated heterocycles. The van der Waals surface area contributed by atoms with Gasteiger partial charge in [-0.25, -0.2) is 8.42 Å². The van der Waals surface area contributed by atoms with E-state index in [4.69, 9.17) is 4.74 Å². The number of ether oxygens (including phenoxy) is 1. The Morgan fingerprint density at radius 2 is 2.16 bits per heavy atom. The SMILES string of the molecule is CCS(=O)(=O)CCCN(CCOC)CC1CCCN1.